The molecule has 0 aliphatic carbocycles. The van der Waals surface area contributed by atoms with Crippen molar-refractivity contribution < 1.29 is 4.21 Å². The highest BCUT2D eigenvalue weighted by Crippen LogP contribution is 2.39. The maximum Gasteiger partial charge on any atom is 0.0623 e. The molecule has 1 aliphatic heterocycles. The van der Waals surface area contributed by atoms with Gasteiger partial charge in [-0.3, -0.25) is 4.21 Å². The van der Waals surface area contributed by atoms with Crippen LogP contribution in [0, 0.1) is 0 Å². The minimum Gasteiger partial charge on any atom is -0.254 e. The summed E-state index contributed by atoms with van der Waals surface area (Å²) in [6, 6.07) is 16.4. The van der Waals surface area contributed by atoms with Crippen LogP contribution in [0.3, 0.4) is 0 Å². The van der Waals surface area contributed by atoms with E-state index >= 15 is 0 Å². The lowest BCUT2D eigenvalue weighted by atomic mass is 10.0. The highest BCUT2D eigenvalue weighted by molar-refractivity contribution is 14.1. The molecule has 1 nitrogen and oxygen atoms in total. The molecule has 0 spiro atoms. The van der Waals surface area contributed by atoms with E-state index in [9.17, 15) is 4.21 Å². The van der Waals surface area contributed by atoms with Gasteiger partial charge in [0.25, 0.3) is 0 Å². The first-order valence-corrected chi connectivity index (χ1v) is 8.03. The van der Waals surface area contributed by atoms with Gasteiger partial charge in [0.1, 0.15) is 0 Å². The zero-order valence-electron chi connectivity index (χ0n) is 9.10. The van der Waals surface area contributed by atoms with E-state index in [2.05, 4.69) is 46.9 Å². The number of hydrogen-bond donors (Lipinski definition) is 0. The fourth-order valence-corrected chi connectivity index (χ4v) is 4.94. The molecule has 2 aromatic rings. The molecule has 1 heterocycles. The molecule has 2 aromatic carbocycles. The lowest BCUT2D eigenvalue weighted by Gasteiger charge is -2.12. The smallest absolute Gasteiger partial charge is 0.0623 e. The van der Waals surface area contributed by atoms with E-state index < -0.39 is 10.8 Å². The van der Waals surface area contributed by atoms with Crippen LogP contribution in [0.2, 0.25) is 0 Å². The molecule has 3 heteroatoms. The summed E-state index contributed by atoms with van der Waals surface area (Å²) >= 11 is 2.44. The Morgan fingerprint density at radius 3 is 2.47 bits per heavy atom. The van der Waals surface area contributed by atoms with Crippen LogP contribution in [0.25, 0.3) is 0 Å². The molecule has 3 rings (SSSR count). The molecular formula is C14H11IOS. The normalized spacial score (nSPS) is 22.4. The van der Waals surface area contributed by atoms with E-state index in [1.807, 2.05) is 24.3 Å². The average molecular weight is 354 g/mol. The van der Waals surface area contributed by atoms with Crippen molar-refractivity contribution >= 4 is 33.4 Å². The predicted molar refractivity (Wildman–Crippen MR) is 78.9 cm³/mol. The second-order valence-corrected chi connectivity index (χ2v) is 6.75. The third-order valence-electron chi connectivity index (χ3n) is 3.05. The molecule has 0 radical (unpaired) electrons. The van der Waals surface area contributed by atoms with Crippen molar-refractivity contribution in [3.8, 4) is 0 Å². The Hall–Kier alpha value is -0.680. The van der Waals surface area contributed by atoms with Gasteiger partial charge in [-0.05, 0) is 22.8 Å². The number of rotatable bonds is 0. The van der Waals surface area contributed by atoms with Gasteiger partial charge >= 0.3 is 0 Å². The summed E-state index contributed by atoms with van der Waals surface area (Å²) in [6.07, 6.45) is 0. The van der Waals surface area contributed by atoms with E-state index in [0.29, 0.717) is 9.68 Å². The second-order valence-electron chi connectivity index (χ2n) is 4.09. The van der Waals surface area contributed by atoms with Gasteiger partial charge in [-0.1, -0.05) is 65.1 Å². The summed E-state index contributed by atoms with van der Waals surface area (Å²) in [4.78, 5) is 0.989. The minimum atomic E-state index is -0.919. The third kappa shape index (κ3) is 1.95. The SMILES string of the molecule is O=S1Cc2ccccc2C(I)c2ccccc21. The topological polar surface area (TPSA) is 17.1 Å². The van der Waals surface area contributed by atoms with Crippen LogP contribution in [0.5, 0.6) is 0 Å². The zero-order valence-corrected chi connectivity index (χ0v) is 12.1. The van der Waals surface area contributed by atoms with Crippen molar-refractivity contribution in [2.24, 2.45) is 0 Å². The molecule has 1 aliphatic rings. The van der Waals surface area contributed by atoms with Gasteiger partial charge in [-0.25, -0.2) is 0 Å². The Morgan fingerprint density at radius 1 is 1.00 bits per heavy atom. The lowest BCUT2D eigenvalue weighted by Crippen LogP contribution is -1.96. The lowest BCUT2D eigenvalue weighted by molar-refractivity contribution is 0.682. The quantitative estimate of drug-likeness (QED) is 0.519. The monoisotopic (exact) mass is 354 g/mol. The molecule has 0 amide bonds. The van der Waals surface area contributed by atoms with Gasteiger partial charge < -0.3 is 0 Å². The molecule has 0 N–H and O–H groups in total. The summed E-state index contributed by atoms with van der Waals surface area (Å²) in [5.41, 5.74) is 3.70. The average Bonchev–Trinajstić information content (AvgIpc) is 2.48. The number of benzene rings is 2. The van der Waals surface area contributed by atoms with Crippen molar-refractivity contribution in [1.82, 2.24) is 0 Å². The van der Waals surface area contributed by atoms with Crippen LogP contribution in [0.1, 0.15) is 20.6 Å². The highest BCUT2D eigenvalue weighted by Gasteiger charge is 2.24. The van der Waals surface area contributed by atoms with Crippen LogP contribution >= 0.6 is 22.6 Å². The molecule has 0 saturated carbocycles. The zero-order chi connectivity index (χ0) is 11.8. The molecule has 0 bridgehead atoms. The van der Waals surface area contributed by atoms with Crippen molar-refractivity contribution in [1.29, 1.82) is 0 Å². The highest BCUT2D eigenvalue weighted by atomic mass is 127. The standard InChI is InChI=1S/C14H11IOS/c15-14-11-6-2-1-5-10(11)9-17(16)13-8-4-3-7-12(13)14/h1-8,14H,9H2. The van der Waals surface area contributed by atoms with Gasteiger partial charge in [-0.15, -0.1) is 0 Å². The van der Waals surface area contributed by atoms with Crippen LogP contribution in [0.15, 0.2) is 53.4 Å². The largest absolute Gasteiger partial charge is 0.254 e. The van der Waals surface area contributed by atoms with Crippen molar-refractivity contribution in [3.63, 3.8) is 0 Å². The molecule has 0 aromatic heterocycles. The number of fused-ring (bicyclic) bond motifs is 2. The molecule has 86 valence electrons. The van der Waals surface area contributed by atoms with E-state index in [4.69, 9.17) is 0 Å². The first-order valence-electron chi connectivity index (χ1n) is 5.46. The molecule has 0 fully saturated rings. The van der Waals surface area contributed by atoms with Gasteiger partial charge in [0.15, 0.2) is 0 Å². The van der Waals surface area contributed by atoms with E-state index in [1.165, 1.54) is 16.7 Å². The van der Waals surface area contributed by atoms with E-state index in [0.717, 1.165) is 4.90 Å². The van der Waals surface area contributed by atoms with Crippen LogP contribution in [-0.4, -0.2) is 4.21 Å². The minimum absolute atomic E-state index is 0.298. The molecular weight excluding hydrogens is 343 g/mol. The molecule has 2 atom stereocenters. The Labute approximate surface area is 117 Å². The first-order chi connectivity index (χ1) is 8.27. The second kappa shape index (κ2) is 4.53. The maximum atomic E-state index is 12.3. The fourth-order valence-electron chi connectivity index (χ4n) is 2.20. The number of alkyl halides is 1. The van der Waals surface area contributed by atoms with Crippen LogP contribution < -0.4 is 0 Å². The fraction of sp³-hybridized carbons (Fsp3) is 0.143. The molecule has 17 heavy (non-hydrogen) atoms. The van der Waals surface area contributed by atoms with Gasteiger partial charge in [0.2, 0.25) is 0 Å². The van der Waals surface area contributed by atoms with E-state index in [1.54, 1.807) is 0 Å². The molecule has 0 saturated heterocycles. The summed E-state index contributed by atoms with van der Waals surface area (Å²) in [5, 5.41) is 0. The maximum absolute atomic E-state index is 12.3. The summed E-state index contributed by atoms with van der Waals surface area (Å²) in [5.74, 6) is 0.632. The van der Waals surface area contributed by atoms with Gasteiger partial charge in [0, 0.05) is 4.90 Å². The first kappa shape index (κ1) is 11.4. The van der Waals surface area contributed by atoms with Crippen molar-refractivity contribution in [2.75, 3.05) is 0 Å². The summed E-state index contributed by atoms with van der Waals surface area (Å²) < 4.78 is 12.6. The van der Waals surface area contributed by atoms with E-state index in [-0.39, 0.29) is 0 Å². The summed E-state index contributed by atoms with van der Waals surface area (Å²) in [6.45, 7) is 0. The Bertz CT molecular complexity index is 594. The summed E-state index contributed by atoms with van der Waals surface area (Å²) in [7, 11) is -0.919. The Morgan fingerprint density at radius 2 is 1.65 bits per heavy atom. The number of hydrogen-bond acceptors (Lipinski definition) is 1. The van der Waals surface area contributed by atoms with Crippen LogP contribution in [-0.2, 0) is 16.6 Å². The van der Waals surface area contributed by atoms with Gasteiger partial charge in [-0.2, -0.15) is 0 Å². The third-order valence-corrected chi connectivity index (χ3v) is 5.83. The van der Waals surface area contributed by atoms with Crippen molar-refractivity contribution in [2.45, 2.75) is 14.6 Å². The van der Waals surface area contributed by atoms with Crippen LogP contribution in [0.4, 0.5) is 0 Å². The number of halogens is 1. The van der Waals surface area contributed by atoms with Crippen molar-refractivity contribution in [3.05, 3.63) is 65.2 Å². The van der Waals surface area contributed by atoms with Gasteiger partial charge in [0.05, 0.1) is 20.5 Å². The Balaban J connectivity index is 2.26. The predicted octanol–water partition coefficient (Wildman–Crippen LogP) is 3.83. The molecule has 2 unspecified atom stereocenters. The Kier molecular flexibility index (Phi) is 3.04.